The fourth-order valence-corrected chi connectivity index (χ4v) is 3.17. The number of carbonyl (C=O) groups is 1. The van der Waals surface area contributed by atoms with E-state index in [0.29, 0.717) is 19.1 Å². The van der Waals surface area contributed by atoms with Crippen molar-refractivity contribution in [3.05, 3.63) is 0 Å². The smallest absolute Gasteiger partial charge is 0.410 e. The SMILES string of the molecule is CC(C)(C)OC(=O)N1C[C@@H](O)[C@H](NC2CCCCCC2)C1. The predicted molar refractivity (Wildman–Crippen MR) is 82.2 cm³/mol. The van der Waals surface area contributed by atoms with Crippen molar-refractivity contribution in [3.8, 4) is 0 Å². The second-order valence-electron chi connectivity index (χ2n) is 7.41. The minimum Gasteiger partial charge on any atom is -0.444 e. The highest BCUT2D eigenvalue weighted by atomic mass is 16.6. The Balaban J connectivity index is 1.84. The number of likely N-dealkylation sites (tertiary alicyclic amines) is 1. The molecule has 2 atom stereocenters. The summed E-state index contributed by atoms with van der Waals surface area (Å²) in [6.45, 7) is 6.47. The normalized spacial score (nSPS) is 28.5. The van der Waals surface area contributed by atoms with Crippen molar-refractivity contribution >= 4 is 6.09 Å². The van der Waals surface area contributed by atoms with Crippen LogP contribution in [-0.2, 0) is 4.74 Å². The molecule has 2 fully saturated rings. The largest absolute Gasteiger partial charge is 0.444 e. The van der Waals surface area contributed by atoms with E-state index in [-0.39, 0.29) is 12.1 Å². The third-order valence-electron chi connectivity index (χ3n) is 4.25. The van der Waals surface area contributed by atoms with Gasteiger partial charge in [-0.1, -0.05) is 25.7 Å². The number of aliphatic hydroxyl groups excluding tert-OH is 1. The summed E-state index contributed by atoms with van der Waals surface area (Å²) in [5.74, 6) is 0. The van der Waals surface area contributed by atoms with Gasteiger partial charge in [0.2, 0.25) is 0 Å². The Morgan fingerprint density at radius 3 is 2.33 bits per heavy atom. The molecule has 1 amide bonds. The molecule has 0 spiro atoms. The maximum Gasteiger partial charge on any atom is 0.410 e. The van der Waals surface area contributed by atoms with E-state index in [1.165, 1.54) is 38.5 Å². The molecule has 122 valence electrons. The molecule has 0 bridgehead atoms. The molecule has 0 aromatic heterocycles. The van der Waals surface area contributed by atoms with E-state index in [1.807, 2.05) is 20.8 Å². The minimum atomic E-state index is -0.499. The number of hydrogen-bond donors (Lipinski definition) is 2. The van der Waals surface area contributed by atoms with Crippen LogP contribution in [0.3, 0.4) is 0 Å². The topological polar surface area (TPSA) is 61.8 Å². The fraction of sp³-hybridized carbons (Fsp3) is 0.938. The van der Waals surface area contributed by atoms with E-state index in [9.17, 15) is 9.90 Å². The molecule has 5 nitrogen and oxygen atoms in total. The molecule has 1 aliphatic carbocycles. The Labute approximate surface area is 128 Å². The molecular weight excluding hydrogens is 268 g/mol. The van der Waals surface area contributed by atoms with Gasteiger partial charge in [0, 0.05) is 12.6 Å². The molecule has 1 saturated heterocycles. The quantitative estimate of drug-likeness (QED) is 0.768. The highest BCUT2D eigenvalue weighted by Crippen LogP contribution is 2.21. The van der Waals surface area contributed by atoms with Crippen LogP contribution in [0.25, 0.3) is 0 Å². The average Bonchev–Trinajstić information content (AvgIpc) is 2.59. The molecule has 0 aromatic carbocycles. The predicted octanol–water partition coefficient (Wildman–Crippen LogP) is 2.28. The Kier molecular flexibility index (Phi) is 5.49. The van der Waals surface area contributed by atoms with Crippen molar-refractivity contribution in [3.63, 3.8) is 0 Å². The Hall–Kier alpha value is -0.810. The van der Waals surface area contributed by atoms with E-state index in [1.54, 1.807) is 4.90 Å². The van der Waals surface area contributed by atoms with Gasteiger partial charge in [-0.3, -0.25) is 0 Å². The van der Waals surface area contributed by atoms with Crippen molar-refractivity contribution in [1.82, 2.24) is 10.2 Å². The lowest BCUT2D eigenvalue weighted by molar-refractivity contribution is 0.0270. The third kappa shape index (κ3) is 5.15. The van der Waals surface area contributed by atoms with Crippen LogP contribution < -0.4 is 5.32 Å². The maximum absolute atomic E-state index is 12.1. The van der Waals surface area contributed by atoms with E-state index in [2.05, 4.69) is 5.32 Å². The van der Waals surface area contributed by atoms with Gasteiger partial charge in [0.25, 0.3) is 0 Å². The molecule has 0 radical (unpaired) electrons. The number of β-amino-alcohol motifs (C(OH)–C–C–N with tert-alkyl or cyclic N) is 1. The summed E-state index contributed by atoms with van der Waals surface area (Å²) in [6, 6.07) is 0.450. The summed E-state index contributed by atoms with van der Waals surface area (Å²) in [5.41, 5.74) is -0.491. The van der Waals surface area contributed by atoms with Crippen LogP contribution >= 0.6 is 0 Å². The van der Waals surface area contributed by atoms with Crippen LogP contribution in [0.1, 0.15) is 59.3 Å². The number of amides is 1. The molecule has 5 heteroatoms. The van der Waals surface area contributed by atoms with Gasteiger partial charge in [-0.25, -0.2) is 4.79 Å². The van der Waals surface area contributed by atoms with Crippen LogP contribution in [0.15, 0.2) is 0 Å². The van der Waals surface area contributed by atoms with E-state index >= 15 is 0 Å². The zero-order chi connectivity index (χ0) is 15.5. The summed E-state index contributed by atoms with van der Waals surface area (Å²) in [4.78, 5) is 13.7. The summed E-state index contributed by atoms with van der Waals surface area (Å²) >= 11 is 0. The Morgan fingerprint density at radius 2 is 1.76 bits per heavy atom. The lowest BCUT2D eigenvalue weighted by atomic mass is 10.1. The third-order valence-corrected chi connectivity index (χ3v) is 4.25. The van der Waals surface area contributed by atoms with Gasteiger partial charge in [0.1, 0.15) is 5.60 Å². The molecule has 0 aromatic rings. The second kappa shape index (κ2) is 6.97. The van der Waals surface area contributed by atoms with Crippen LogP contribution in [0, 0.1) is 0 Å². The number of carbonyl (C=O) groups excluding carboxylic acids is 1. The van der Waals surface area contributed by atoms with Crippen molar-refractivity contribution in [2.45, 2.75) is 83.1 Å². The second-order valence-corrected chi connectivity index (χ2v) is 7.41. The summed E-state index contributed by atoms with van der Waals surface area (Å²) in [5, 5.41) is 13.8. The molecule has 2 rings (SSSR count). The maximum atomic E-state index is 12.1. The van der Waals surface area contributed by atoms with Crippen molar-refractivity contribution in [2.24, 2.45) is 0 Å². The highest BCUT2D eigenvalue weighted by Gasteiger charge is 2.36. The number of hydrogen-bond acceptors (Lipinski definition) is 4. The molecule has 1 heterocycles. The molecule has 0 unspecified atom stereocenters. The van der Waals surface area contributed by atoms with Crippen LogP contribution in [0.4, 0.5) is 4.79 Å². The van der Waals surface area contributed by atoms with Crippen LogP contribution in [0.2, 0.25) is 0 Å². The first-order valence-electron chi connectivity index (χ1n) is 8.27. The zero-order valence-corrected chi connectivity index (χ0v) is 13.6. The molecule has 2 aliphatic rings. The number of nitrogens with zero attached hydrogens (tertiary/aromatic N) is 1. The number of rotatable bonds is 2. The zero-order valence-electron chi connectivity index (χ0n) is 13.6. The number of aliphatic hydroxyl groups is 1. The summed E-state index contributed by atoms with van der Waals surface area (Å²) in [7, 11) is 0. The lowest BCUT2D eigenvalue weighted by Gasteiger charge is -2.25. The summed E-state index contributed by atoms with van der Waals surface area (Å²) in [6.07, 6.45) is 6.68. The van der Waals surface area contributed by atoms with Gasteiger partial charge in [-0.2, -0.15) is 0 Å². The molecule has 2 N–H and O–H groups in total. The number of nitrogens with one attached hydrogen (secondary N) is 1. The highest BCUT2D eigenvalue weighted by molar-refractivity contribution is 5.68. The Bertz CT molecular complexity index is 346. The first kappa shape index (κ1) is 16.6. The van der Waals surface area contributed by atoms with Gasteiger partial charge in [0.05, 0.1) is 18.7 Å². The first-order chi connectivity index (χ1) is 9.85. The minimum absolute atomic E-state index is 0.0272. The monoisotopic (exact) mass is 298 g/mol. The fourth-order valence-electron chi connectivity index (χ4n) is 3.17. The van der Waals surface area contributed by atoms with Gasteiger partial charge in [0.15, 0.2) is 0 Å². The van der Waals surface area contributed by atoms with E-state index in [4.69, 9.17) is 4.74 Å². The van der Waals surface area contributed by atoms with Gasteiger partial charge >= 0.3 is 6.09 Å². The van der Waals surface area contributed by atoms with Gasteiger partial charge < -0.3 is 20.1 Å². The number of ether oxygens (including phenoxy) is 1. The van der Waals surface area contributed by atoms with Crippen molar-refractivity contribution < 1.29 is 14.6 Å². The van der Waals surface area contributed by atoms with Gasteiger partial charge in [-0.05, 0) is 33.6 Å². The van der Waals surface area contributed by atoms with Crippen LogP contribution in [0.5, 0.6) is 0 Å². The first-order valence-corrected chi connectivity index (χ1v) is 8.27. The van der Waals surface area contributed by atoms with Crippen LogP contribution in [-0.4, -0.2) is 53.0 Å². The van der Waals surface area contributed by atoms with E-state index < -0.39 is 11.7 Å². The molecular formula is C16H30N2O3. The van der Waals surface area contributed by atoms with E-state index in [0.717, 1.165) is 0 Å². The lowest BCUT2D eigenvalue weighted by Crippen LogP contribution is -2.45. The van der Waals surface area contributed by atoms with Gasteiger partial charge in [-0.15, -0.1) is 0 Å². The van der Waals surface area contributed by atoms with Crippen molar-refractivity contribution in [2.75, 3.05) is 13.1 Å². The molecule has 1 aliphatic heterocycles. The standard InChI is InChI=1S/C16H30N2O3/c1-16(2,3)21-15(20)18-10-13(14(19)11-18)17-12-8-6-4-5-7-9-12/h12-14,17,19H,4-11H2,1-3H3/t13-,14-/m1/s1. The molecule has 1 saturated carbocycles. The van der Waals surface area contributed by atoms with Crippen molar-refractivity contribution in [1.29, 1.82) is 0 Å². The Morgan fingerprint density at radius 1 is 1.14 bits per heavy atom. The average molecular weight is 298 g/mol. The molecule has 21 heavy (non-hydrogen) atoms. The summed E-state index contributed by atoms with van der Waals surface area (Å²) < 4.78 is 5.38.